The summed E-state index contributed by atoms with van der Waals surface area (Å²) in [7, 11) is 3.64. The van der Waals surface area contributed by atoms with Gasteiger partial charge in [0.25, 0.3) is 0 Å². The van der Waals surface area contributed by atoms with E-state index in [0.717, 1.165) is 0 Å². The van der Waals surface area contributed by atoms with Gasteiger partial charge in [0.15, 0.2) is 5.82 Å². The van der Waals surface area contributed by atoms with E-state index in [4.69, 9.17) is 34.7 Å². The highest BCUT2D eigenvalue weighted by Gasteiger charge is 2.20. The number of nitrogens with two attached hydrogens (primary N) is 2. The molecule has 0 aliphatic heterocycles. The van der Waals surface area contributed by atoms with Gasteiger partial charge in [-0.2, -0.15) is 4.98 Å². The number of nitrogens with zero attached hydrogens (tertiary/aromatic N) is 5. The maximum atomic E-state index is 6.35. The second-order valence-corrected chi connectivity index (χ2v) is 5.16. The molecule has 9 heteroatoms. The van der Waals surface area contributed by atoms with Crippen molar-refractivity contribution >= 4 is 53.1 Å². The molecule has 0 atom stereocenters. The van der Waals surface area contributed by atoms with Gasteiger partial charge in [-0.1, -0.05) is 23.2 Å². The second kappa shape index (κ2) is 5.71. The Morgan fingerprint density at radius 3 is 2.43 bits per heavy atom. The Kier molecular flexibility index (Phi) is 4.15. The molecule has 1 heterocycles. The predicted molar refractivity (Wildman–Crippen MR) is 87.6 cm³/mol. The van der Waals surface area contributed by atoms with Crippen molar-refractivity contribution in [2.75, 3.05) is 30.5 Å². The van der Waals surface area contributed by atoms with Crippen LogP contribution in [0.5, 0.6) is 0 Å². The molecular formula is C12H13Cl2N7. The number of rotatable bonds is 3. The summed E-state index contributed by atoms with van der Waals surface area (Å²) in [6.45, 7) is 3.53. The predicted octanol–water partition coefficient (Wildman–Crippen LogP) is 2.41. The topological polar surface area (TPSA) is 106 Å². The summed E-state index contributed by atoms with van der Waals surface area (Å²) in [6.07, 6.45) is 0. The normalized spacial score (nSPS) is 10.5. The third-order valence-electron chi connectivity index (χ3n) is 2.76. The quantitative estimate of drug-likeness (QED) is 0.839. The Labute approximate surface area is 131 Å². The molecule has 0 spiro atoms. The van der Waals surface area contributed by atoms with Gasteiger partial charge in [-0.05, 0) is 12.8 Å². The minimum Gasteiger partial charge on any atom is -0.382 e. The standard InChI is InChI=1S/C12H13Cl2N7/c1-17-8-5(9-11(15)18-12(16)20-19-9)4-6(13)10(7(8)14)21(2)3/h4H,1H2,2-3H3,(H4,15,16,18,20). The SMILES string of the molecule is C=Nc1c(-c2nnc(N)nc2N)cc(Cl)c(N(C)C)c1Cl. The zero-order valence-electron chi connectivity index (χ0n) is 11.4. The second-order valence-electron chi connectivity index (χ2n) is 4.37. The summed E-state index contributed by atoms with van der Waals surface area (Å²) >= 11 is 12.6. The van der Waals surface area contributed by atoms with Crippen LogP contribution in [0.4, 0.5) is 23.1 Å². The average Bonchev–Trinajstić information content (AvgIpc) is 2.37. The van der Waals surface area contributed by atoms with Gasteiger partial charge < -0.3 is 16.4 Å². The Balaban J connectivity index is 2.78. The van der Waals surface area contributed by atoms with Crippen molar-refractivity contribution in [1.29, 1.82) is 0 Å². The van der Waals surface area contributed by atoms with Crippen LogP contribution in [0, 0.1) is 0 Å². The van der Waals surface area contributed by atoms with Crippen molar-refractivity contribution in [3.8, 4) is 11.3 Å². The van der Waals surface area contributed by atoms with Crippen molar-refractivity contribution in [2.24, 2.45) is 4.99 Å². The largest absolute Gasteiger partial charge is 0.382 e. The van der Waals surface area contributed by atoms with Crippen LogP contribution >= 0.6 is 23.2 Å². The third kappa shape index (κ3) is 2.70. The molecule has 1 aromatic heterocycles. The molecule has 0 aliphatic rings. The van der Waals surface area contributed by atoms with Crippen molar-refractivity contribution < 1.29 is 0 Å². The van der Waals surface area contributed by atoms with Crippen LogP contribution in [-0.4, -0.2) is 36.0 Å². The molecule has 0 unspecified atom stereocenters. The fraction of sp³-hybridized carbons (Fsp3) is 0.167. The number of halogens is 2. The van der Waals surface area contributed by atoms with E-state index < -0.39 is 0 Å². The van der Waals surface area contributed by atoms with E-state index in [1.165, 1.54) is 0 Å². The van der Waals surface area contributed by atoms with Gasteiger partial charge in [-0.15, -0.1) is 10.2 Å². The summed E-state index contributed by atoms with van der Waals surface area (Å²) in [5.41, 5.74) is 13.1. The molecule has 0 bridgehead atoms. The van der Waals surface area contributed by atoms with Gasteiger partial charge in [0.1, 0.15) is 5.69 Å². The molecule has 110 valence electrons. The fourth-order valence-electron chi connectivity index (χ4n) is 1.89. The minimum atomic E-state index is -0.0218. The van der Waals surface area contributed by atoms with Gasteiger partial charge >= 0.3 is 0 Å². The third-order valence-corrected chi connectivity index (χ3v) is 3.40. The van der Waals surface area contributed by atoms with Crippen LogP contribution in [0.3, 0.4) is 0 Å². The van der Waals surface area contributed by atoms with Crippen molar-refractivity contribution in [1.82, 2.24) is 15.2 Å². The monoisotopic (exact) mass is 325 g/mol. The first-order chi connectivity index (χ1) is 9.86. The van der Waals surface area contributed by atoms with Gasteiger partial charge in [-0.25, -0.2) is 0 Å². The maximum Gasteiger partial charge on any atom is 0.242 e. The molecule has 0 fully saturated rings. The number of anilines is 3. The fourth-order valence-corrected chi connectivity index (χ4v) is 2.74. The molecule has 21 heavy (non-hydrogen) atoms. The summed E-state index contributed by atoms with van der Waals surface area (Å²) in [6, 6.07) is 1.64. The van der Waals surface area contributed by atoms with Crippen molar-refractivity contribution in [2.45, 2.75) is 0 Å². The zero-order valence-corrected chi connectivity index (χ0v) is 12.9. The van der Waals surface area contributed by atoms with E-state index in [2.05, 4.69) is 26.9 Å². The smallest absolute Gasteiger partial charge is 0.242 e. The minimum absolute atomic E-state index is 0.0218. The number of aromatic nitrogens is 3. The van der Waals surface area contributed by atoms with E-state index in [9.17, 15) is 0 Å². The Bertz CT molecular complexity index is 715. The van der Waals surface area contributed by atoms with E-state index in [1.54, 1.807) is 11.0 Å². The molecule has 7 nitrogen and oxygen atoms in total. The number of hydrogen-bond acceptors (Lipinski definition) is 7. The van der Waals surface area contributed by atoms with Gasteiger partial charge in [0, 0.05) is 19.7 Å². The lowest BCUT2D eigenvalue weighted by Crippen LogP contribution is -2.10. The number of aliphatic imine (C=N–C) groups is 1. The number of nitrogen functional groups attached to an aromatic ring is 2. The maximum absolute atomic E-state index is 6.35. The summed E-state index contributed by atoms with van der Waals surface area (Å²) in [4.78, 5) is 9.59. The van der Waals surface area contributed by atoms with E-state index >= 15 is 0 Å². The molecule has 0 radical (unpaired) electrons. The first kappa shape index (κ1) is 15.3. The molecule has 2 aromatic rings. The molecule has 1 aromatic carbocycles. The zero-order chi connectivity index (χ0) is 15.7. The Hall–Kier alpha value is -2.12. The van der Waals surface area contributed by atoms with Crippen LogP contribution in [0.2, 0.25) is 10.0 Å². The van der Waals surface area contributed by atoms with Gasteiger partial charge in [-0.3, -0.25) is 4.99 Å². The van der Waals surface area contributed by atoms with Crippen molar-refractivity contribution in [3.63, 3.8) is 0 Å². The first-order valence-electron chi connectivity index (χ1n) is 5.78. The van der Waals surface area contributed by atoms with Crippen LogP contribution < -0.4 is 16.4 Å². The van der Waals surface area contributed by atoms with Crippen LogP contribution in [0.15, 0.2) is 11.1 Å². The van der Waals surface area contributed by atoms with Crippen LogP contribution in [-0.2, 0) is 0 Å². The lowest BCUT2D eigenvalue weighted by molar-refractivity contribution is 0.999. The average molecular weight is 326 g/mol. The number of benzene rings is 1. The molecule has 4 N–H and O–H groups in total. The van der Waals surface area contributed by atoms with Gasteiger partial charge in [0.2, 0.25) is 5.95 Å². The summed E-state index contributed by atoms with van der Waals surface area (Å²) < 4.78 is 0. The molecule has 0 aliphatic carbocycles. The van der Waals surface area contributed by atoms with E-state index in [0.29, 0.717) is 32.7 Å². The van der Waals surface area contributed by atoms with Crippen LogP contribution in [0.1, 0.15) is 0 Å². The Morgan fingerprint density at radius 2 is 1.90 bits per heavy atom. The van der Waals surface area contributed by atoms with Crippen molar-refractivity contribution in [3.05, 3.63) is 16.1 Å². The highest BCUT2D eigenvalue weighted by atomic mass is 35.5. The Morgan fingerprint density at radius 1 is 1.24 bits per heavy atom. The highest BCUT2D eigenvalue weighted by Crippen LogP contribution is 2.46. The molecule has 2 rings (SSSR count). The lowest BCUT2D eigenvalue weighted by atomic mass is 10.1. The highest BCUT2D eigenvalue weighted by molar-refractivity contribution is 6.41. The first-order valence-corrected chi connectivity index (χ1v) is 6.54. The van der Waals surface area contributed by atoms with Gasteiger partial charge in [0.05, 0.1) is 21.4 Å². The summed E-state index contributed by atoms with van der Waals surface area (Å²) in [5.74, 6) is 0.0867. The number of hydrogen-bond donors (Lipinski definition) is 2. The molecule has 0 amide bonds. The van der Waals surface area contributed by atoms with E-state index in [-0.39, 0.29) is 11.8 Å². The molecule has 0 saturated carbocycles. The van der Waals surface area contributed by atoms with Crippen LogP contribution in [0.25, 0.3) is 11.3 Å². The molecular weight excluding hydrogens is 313 g/mol. The van der Waals surface area contributed by atoms with E-state index in [1.807, 2.05) is 14.1 Å². The summed E-state index contributed by atoms with van der Waals surface area (Å²) in [5, 5.41) is 8.38. The molecule has 0 saturated heterocycles. The lowest BCUT2D eigenvalue weighted by Gasteiger charge is -2.19.